The van der Waals surface area contributed by atoms with Crippen LogP contribution < -0.4 is 5.32 Å². The van der Waals surface area contributed by atoms with Crippen molar-refractivity contribution in [2.24, 2.45) is 0 Å². The summed E-state index contributed by atoms with van der Waals surface area (Å²) in [5.74, 6) is -0.0895. The summed E-state index contributed by atoms with van der Waals surface area (Å²) in [5, 5.41) is 3.11. The van der Waals surface area contributed by atoms with Crippen LogP contribution in [-0.2, 0) is 15.0 Å². The van der Waals surface area contributed by atoms with Gasteiger partial charge in [-0.1, -0.05) is 36.9 Å². The number of carbonyl (C=O) groups excluding carboxylic acids is 2. The second-order valence-electron chi connectivity index (χ2n) is 6.91. The van der Waals surface area contributed by atoms with E-state index in [1.807, 2.05) is 30.3 Å². The van der Waals surface area contributed by atoms with Crippen molar-refractivity contribution in [1.82, 2.24) is 10.2 Å². The van der Waals surface area contributed by atoms with Gasteiger partial charge in [-0.3, -0.25) is 9.59 Å². The Morgan fingerprint density at radius 2 is 1.76 bits per heavy atom. The van der Waals surface area contributed by atoms with E-state index in [-0.39, 0.29) is 17.9 Å². The molecule has 0 radical (unpaired) electrons. The molecule has 1 N–H and O–H groups in total. The Bertz CT molecular complexity index is 659. The molecule has 1 saturated carbocycles. The monoisotopic (exact) mass is 380 g/mol. The highest BCUT2D eigenvalue weighted by atomic mass is 35.5. The van der Waals surface area contributed by atoms with Gasteiger partial charge >= 0.3 is 0 Å². The molecule has 6 heteroatoms. The number of rotatable bonds is 4. The van der Waals surface area contributed by atoms with Crippen LogP contribution in [0.1, 0.15) is 31.2 Å². The van der Waals surface area contributed by atoms with Gasteiger partial charge in [0.15, 0.2) is 0 Å². The van der Waals surface area contributed by atoms with Gasteiger partial charge in [-0.25, -0.2) is 0 Å². The molecule has 1 aromatic rings. The molecular weight excluding hydrogens is 359 g/mol. The predicted molar refractivity (Wildman–Crippen MR) is 99.7 cm³/mol. The zero-order chi connectivity index (χ0) is 18.1. The van der Waals surface area contributed by atoms with Crippen LogP contribution in [0.15, 0.2) is 43.0 Å². The maximum atomic E-state index is 13.2. The average Bonchev–Trinajstić information content (AvgIpc) is 2.60. The Kier molecular flexibility index (Phi) is 5.12. The molecule has 25 heavy (non-hydrogen) atoms. The minimum atomic E-state index is -0.725. The van der Waals surface area contributed by atoms with Crippen LogP contribution in [0.3, 0.4) is 0 Å². The van der Waals surface area contributed by atoms with Crippen LogP contribution in [0.4, 0.5) is 0 Å². The van der Waals surface area contributed by atoms with Crippen molar-refractivity contribution in [3.63, 3.8) is 0 Å². The highest BCUT2D eigenvalue weighted by Crippen LogP contribution is 2.43. The minimum Gasteiger partial charge on any atom is -0.352 e. The van der Waals surface area contributed by atoms with Gasteiger partial charge in [0, 0.05) is 32.0 Å². The number of hydrogen-bond donors (Lipinski definition) is 1. The first-order chi connectivity index (χ1) is 11.9. The number of amides is 2. The van der Waals surface area contributed by atoms with Gasteiger partial charge in [0.2, 0.25) is 11.8 Å². The van der Waals surface area contributed by atoms with Gasteiger partial charge in [-0.15, -0.1) is 23.2 Å². The maximum Gasteiger partial charge on any atom is 0.245 e. The highest BCUT2D eigenvalue weighted by molar-refractivity contribution is 6.49. The van der Waals surface area contributed by atoms with Gasteiger partial charge in [-0.05, 0) is 24.5 Å². The summed E-state index contributed by atoms with van der Waals surface area (Å²) >= 11 is 12.1. The molecule has 2 fully saturated rings. The van der Waals surface area contributed by atoms with Gasteiger partial charge in [0.25, 0.3) is 0 Å². The SMILES string of the molecule is C=CC(=O)N1CCC(C(=O)NC2CC(Cl)(Cl)C2)(c2ccccc2)CC1. The Morgan fingerprint density at radius 1 is 1.16 bits per heavy atom. The molecule has 0 aromatic heterocycles. The highest BCUT2D eigenvalue weighted by Gasteiger charge is 2.47. The van der Waals surface area contributed by atoms with Crippen molar-refractivity contribution in [3.8, 4) is 0 Å². The number of likely N-dealkylation sites (tertiary alicyclic amines) is 1. The summed E-state index contributed by atoms with van der Waals surface area (Å²) in [6.45, 7) is 4.61. The van der Waals surface area contributed by atoms with E-state index < -0.39 is 9.75 Å². The Hall–Kier alpha value is -1.52. The molecule has 2 aliphatic rings. The van der Waals surface area contributed by atoms with Crippen molar-refractivity contribution in [2.45, 2.75) is 41.5 Å². The maximum absolute atomic E-state index is 13.2. The fraction of sp³-hybridized carbons (Fsp3) is 0.474. The summed E-state index contributed by atoms with van der Waals surface area (Å²) in [7, 11) is 0. The van der Waals surface area contributed by atoms with E-state index in [1.165, 1.54) is 6.08 Å². The van der Waals surface area contributed by atoms with Crippen LogP contribution in [0.2, 0.25) is 0 Å². The molecule has 0 atom stereocenters. The lowest BCUT2D eigenvalue weighted by Gasteiger charge is -2.44. The zero-order valence-electron chi connectivity index (χ0n) is 14.0. The zero-order valence-corrected chi connectivity index (χ0v) is 15.5. The predicted octanol–water partition coefficient (Wildman–Crippen LogP) is 3.19. The standard InChI is InChI=1S/C19H22Cl2N2O2/c1-2-16(24)23-10-8-18(9-11-23,14-6-4-3-5-7-14)17(25)22-15-12-19(20,21)13-15/h2-7,15H,1,8-13H2,(H,22,25). The second-order valence-corrected chi connectivity index (χ2v) is 8.55. The Morgan fingerprint density at radius 3 is 2.28 bits per heavy atom. The van der Waals surface area contributed by atoms with Gasteiger partial charge < -0.3 is 10.2 Å². The number of alkyl halides is 2. The van der Waals surface area contributed by atoms with E-state index in [1.54, 1.807) is 4.90 Å². The van der Waals surface area contributed by atoms with E-state index in [9.17, 15) is 9.59 Å². The first kappa shape index (κ1) is 18.3. The molecule has 1 heterocycles. The lowest BCUT2D eigenvalue weighted by atomic mass is 9.71. The molecule has 4 nitrogen and oxygen atoms in total. The summed E-state index contributed by atoms with van der Waals surface area (Å²) in [5.41, 5.74) is 0.358. The first-order valence-electron chi connectivity index (χ1n) is 8.52. The van der Waals surface area contributed by atoms with Crippen LogP contribution in [0.25, 0.3) is 0 Å². The third-order valence-electron chi connectivity index (χ3n) is 5.29. The van der Waals surface area contributed by atoms with Crippen molar-refractivity contribution in [3.05, 3.63) is 48.6 Å². The summed E-state index contributed by atoms with van der Waals surface area (Å²) in [6, 6.07) is 9.80. The van der Waals surface area contributed by atoms with Crippen LogP contribution in [0.5, 0.6) is 0 Å². The fourth-order valence-electron chi connectivity index (χ4n) is 3.73. The van der Waals surface area contributed by atoms with E-state index in [2.05, 4.69) is 11.9 Å². The Labute approximate surface area is 158 Å². The molecule has 1 saturated heterocycles. The van der Waals surface area contributed by atoms with Crippen LogP contribution in [0, 0.1) is 0 Å². The van der Waals surface area contributed by atoms with E-state index in [0.29, 0.717) is 38.8 Å². The average molecular weight is 381 g/mol. The Balaban J connectivity index is 1.78. The van der Waals surface area contributed by atoms with E-state index in [0.717, 1.165) is 5.56 Å². The number of benzene rings is 1. The number of piperidine rings is 1. The quantitative estimate of drug-likeness (QED) is 0.643. The summed E-state index contributed by atoms with van der Waals surface area (Å²) < 4.78 is -0.725. The summed E-state index contributed by atoms with van der Waals surface area (Å²) in [4.78, 5) is 26.8. The third-order valence-corrected chi connectivity index (χ3v) is 5.91. The molecule has 3 rings (SSSR count). The smallest absolute Gasteiger partial charge is 0.245 e. The second kappa shape index (κ2) is 7.00. The third kappa shape index (κ3) is 3.70. The van der Waals surface area contributed by atoms with Crippen molar-refractivity contribution in [1.29, 1.82) is 0 Å². The van der Waals surface area contributed by atoms with Crippen LogP contribution in [-0.4, -0.2) is 40.2 Å². The van der Waals surface area contributed by atoms with Gasteiger partial charge in [0.05, 0.1) is 5.41 Å². The van der Waals surface area contributed by atoms with Gasteiger partial charge in [0.1, 0.15) is 4.33 Å². The molecule has 2 amide bonds. The van der Waals surface area contributed by atoms with Crippen LogP contribution >= 0.6 is 23.2 Å². The van der Waals surface area contributed by atoms with Crippen molar-refractivity contribution in [2.75, 3.05) is 13.1 Å². The topological polar surface area (TPSA) is 49.4 Å². The molecule has 1 aliphatic carbocycles. The summed E-state index contributed by atoms with van der Waals surface area (Å²) in [6.07, 6.45) is 3.62. The minimum absolute atomic E-state index is 0.00163. The normalized spacial score (nSPS) is 21.9. The molecule has 1 aliphatic heterocycles. The van der Waals surface area contributed by atoms with E-state index in [4.69, 9.17) is 23.2 Å². The molecular formula is C19H22Cl2N2O2. The number of halogens is 2. The van der Waals surface area contributed by atoms with E-state index >= 15 is 0 Å². The molecule has 0 spiro atoms. The number of carbonyl (C=O) groups is 2. The molecule has 134 valence electrons. The molecule has 0 bridgehead atoms. The lowest BCUT2D eigenvalue weighted by Crippen LogP contribution is -2.57. The number of hydrogen-bond acceptors (Lipinski definition) is 2. The number of nitrogens with zero attached hydrogens (tertiary/aromatic N) is 1. The largest absolute Gasteiger partial charge is 0.352 e. The van der Waals surface area contributed by atoms with Crippen molar-refractivity contribution >= 4 is 35.0 Å². The lowest BCUT2D eigenvalue weighted by molar-refractivity contribution is -0.134. The number of nitrogens with one attached hydrogen (secondary N) is 1. The molecule has 1 aromatic carbocycles. The molecule has 0 unspecified atom stereocenters. The van der Waals surface area contributed by atoms with Crippen molar-refractivity contribution < 1.29 is 9.59 Å². The van der Waals surface area contributed by atoms with Gasteiger partial charge in [-0.2, -0.15) is 0 Å². The fourth-order valence-corrected chi connectivity index (χ4v) is 4.47. The first-order valence-corrected chi connectivity index (χ1v) is 9.28.